The van der Waals surface area contributed by atoms with Gasteiger partial charge in [0, 0.05) is 25.2 Å². The molecule has 0 saturated carbocycles. The van der Waals surface area contributed by atoms with Crippen LogP contribution >= 0.6 is 0 Å². The zero-order valence-electron chi connectivity index (χ0n) is 13.4. The Labute approximate surface area is 132 Å². The van der Waals surface area contributed by atoms with Crippen molar-refractivity contribution in [2.24, 2.45) is 0 Å². The van der Waals surface area contributed by atoms with Crippen LogP contribution < -0.4 is 10.2 Å². The summed E-state index contributed by atoms with van der Waals surface area (Å²) in [6.45, 7) is 5.68. The summed E-state index contributed by atoms with van der Waals surface area (Å²) in [5.74, 6) is 0.192. The molecule has 1 aromatic carbocycles. The Morgan fingerprint density at radius 2 is 2.18 bits per heavy atom. The van der Waals surface area contributed by atoms with Crippen LogP contribution in [0.2, 0.25) is 0 Å². The lowest BCUT2D eigenvalue weighted by Crippen LogP contribution is -2.36. The number of anilines is 1. The van der Waals surface area contributed by atoms with E-state index < -0.39 is 0 Å². The highest BCUT2D eigenvalue weighted by atomic mass is 16.5. The van der Waals surface area contributed by atoms with Gasteiger partial charge in [0.2, 0.25) is 5.91 Å². The predicted octanol–water partition coefficient (Wildman–Crippen LogP) is 2.82. The highest BCUT2D eigenvalue weighted by Gasteiger charge is 2.24. The molecule has 0 spiro atoms. The maximum Gasteiger partial charge on any atom is 0.220 e. The van der Waals surface area contributed by atoms with E-state index in [1.807, 2.05) is 0 Å². The third-order valence-electron chi connectivity index (χ3n) is 4.67. The van der Waals surface area contributed by atoms with E-state index in [2.05, 4.69) is 35.3 Å². The number of morpholine rings is 1. The molecule has 22 heavy (non-hydrogen) atoms. The zero-order valence-corrected chi connectivity index (χ0v) is 13.4. The van der Waals surface area contributed by atoms with E-state index in [-0.39, 0.29) is 11.9 Å². The van der Waals surface area contributed by atoms with Crippen LogP contribution in [0.4, 0.5) is 5.69 Å². The Hall–Kier alpha value is -1.55. The molecule has 1 N–H and O–H groups in total. The van der Waals surface area contributed by atoms with Crippen molar-refractivity contribution in [1.29, 1.82) is 0 Å². The van der Waals surface area contributed by atoms with Crippen LogP contribution in [0, 0.1) is 0 Å². The van der Waals surface area contributed by atoms with Gasteiger partial charge in [-0.2, -0.15) is 0 Å². The molecule has 4 nitrogen and oxygen atoms in total. The van der Waals surface area contributed by atoms with E-state index in [0.29, 0.717) is 6.42 Å². The van der Waals surface area contributed by atoms with Gasteiger partial charge in [-0.25, -0.2) is 0 Å². The average Bonchev–Trinajstić information content (AvgIpc) is 2.96. The first-order valence-electron chi connectivity index (χ1n) is 8.53. The van der Waals surface area contributed by atoms with Crippen LogP contribution in [0.1, 0.15) is 49.8 Å². The maximum absolute atomic E-state index is 11.9. The number of aryl methyl sites for hydroxylation is 1. The average molecular weight is 302 g/mol. The van der Waals surface area contributed by atoms with E-state index >= 15 is 0 Å². The molecule has 0 radical (unpaired) electrons. The number of nitrogens with one attached hydrogen (secondary N) is 1. The summed E-state index contributed by atoms with van der Waals surface area (Å²) in [6.07, 6.45) is 4.78. The van der Waals surface area contributed by atoms with Gasteiger partial charge >= 0.3 is 0 Å². The molecule has 1 heterocycles. The highest BCUT2D eigenvalue weighted by Crippen LogP contribution is 2.34. The van der Waals surface area contributed by atoms with Crippen molar-refractivity contribution >= 4 is 11.6 Å². The molecule has 120 valence electrons. The lowest BCUT2D eigenvalue weighted by atomic mass is 10.1. The molecule has 1 atom stereocenters. The van der Waals surface area contributed by atoms with Crippen molar-refractivity contribution < 1.29 is 9.53 Å². The Balaban J connectivity index is 1.66. The summed E-state index contributed by atoms with van der Waals surface area (Å²) in [5, 5.41) is 3.20. The van der Waals surface area contributed by atoms with Gasteiger partial charge in [-0.05, 0) is 42.5 Å². The predicted molar refractivity (Wildman–Crippen MR) is 88.2 cm³/mol. The molecule has 3 rings (SSSR count). The number of carbonyl (C=O) groups is 1. The molecule has 0 bridgehead atoms. The van der Waals surface area contributed by atoms with E-state index in [0.717, 1.165) is 52.0 Å². The molecular weight excluding hydrogens is 276 g/mol. The summed E-state index contributed by atoms with van der Waals surface area (Å²) in [4.78, 5) is 14.3. The summed E-state index contributed by atoms with van der Waals surface area (Å²) in [6, 6.07) is 6.91. The molecular formula is C18H26N2O2. The lowest BCUT2D eigenvalue weighted by Gasteiger charge is -2.29. The molecule has 1 aromatic rings. The number of fused-ring (bicyclic) bond motifs is 1. The second kappa shape index (κ2) is 7.14. The number of carbonyl (C=O) groups excluding carboxylic acids is 1. The molecule has 2 aliphatic rings. The normalized spacial score (nSPS) is 20.8. The topological polar surface area (TPSA) is 41.6 Å². The first-order valence-corrected chi connectivity index (χ1v) is 8.53. The fourth-order valence-corrected chi connectivity index (χ4v) is 3.38. The van der Waals surface area contributed by atoms with Crippen LogP contribution in [0.3, 0.4) is 0 Å². The van der Waals surface area contributed by atoms with Gasteiger partial charge < -0.3 is 15.0 Å². The van der Waals surface area contributed by atoms with Gasteiger partial charge in [-0.15, -0.1) is 0 Å². The second-order valence-electron chi connectivity index (χ2n) is 6.24. The number of ether oxygens (including phenoxy) is 1. The maximum atomic E-state index is 11.9. The van der Waals surface area contributed by atoms with Crippen molar-refractivity contribution in [1.82, 2.24) is 5.32 Å². The molecule has 1 unspecified atom stereocenters. The number of nitrogens with zero attached hydrogens (tertiary/aromatic N) is 1. The van der Waals surface area contributed by atoms with Crippen molar-refractivity contribution in [2.75, 3.05) is 31.2 Å². The third-order valence-corrected chi connectivity index (χ3v) is 4.67. The van der Waals surface area contributed by atoms with Gasteiger partial charge in [0.1, 0.15) is 0 Å². The number of rotatable bonds is 5. The number of hydrogen-bond acceptors (Lipinski definition) is 3. The summed E-state index contributed by atoms with van der Waals surface area (Å²) < 4.78 is 5.42. The molecule has 1 fully saturated rings. The third kappa shape index (κ3) is 3.43. The van der Waals surface area contributed by atoms with E-state index in [4.69, 9.17) is 4.74 Å². The quantitative estimate of drug-likeness (QED) is 0.909. The Kier molecular flexibility index (Phi) is 4.98. The van der Waals surface area contributed by atoms with Crippen LogP contribution in [-0.2, 0) is 16.0 Å². The first kappa shape index (κ1) is 15.3. The molecule has 1 amide bonds. The van der Waals surface area contributed by atoms with Crippen LogP contribution in [0.5, 0.6) is 0 Å². The number of unbranched alkanes of at least 4 members (excludes halogenated alkanes) is 1. The van der Waals surface area contributed by atoms with Gasteiger partial charge in [0.15, 0.2) is 0 Å². The Morgan fingerprint density at radius 3 is 2.95 bits per heavy atom. The number of hydrogen-bond donors (Lipinski definition) is 1. The smallest absolute Gasteiger partial charge is 0.220 e. The van der Waals surface area contributed by atoms with Crippen LogP contribution in [0.25, 0.3) is 0 Å². The number of amides is 1. The minimum atomic E-state index is 0.192. The van der Waals surface area contributed by atoms with Crippen molar-refractivity contribution in [3.63, 3.8) is 0 Å². The Bertz CT molecular complexity index is 524. The largest absolute Gasteiger partial charge is 0.378 e. The van der Waals surface area contributed by atoms with Gasteiger partial charge in [0.25, 0.3) is 0 Å². The molecule has 4 heteroatoms. The van der Waals surface area contributed by atoms with Crippen molar-refractivity contribution in [2.45, 2.75) is 45.1 Å². The highest BCUT2D eigenvalue weighted by molar-refractivity contribution is 5.76. The second-order valence-corrected chi connectivity index (χ2v) is 6.24. The standard InChI is InChI=1S/C18H26N2O2/c1-2-3-4-18(21)19-17-8-5-14-13-15(6-7-16(14)17)20-9-11-22-12-10-20/h6-7,13,17H,2-5,8-12H2,1H3,(H,19,21). The molecule has 1 aliphatic carbocycles. The summed E-state index contributed by atoms with van der Waals surface area (Å²) >= 11 is 0. The monoisotopic (exact) mass is 302 g/mol. The van der Waals surface area contributed by atoms with E-state index in [1.54, 1.807) is 0 Å². The minimum absolute atomic E-state index is 0.192. The van der Waals surface area contributed by atoms with Crippen LogP contribution in [0.15, 0.2) is 18.2 Å². The molecule has 1 aliphatic heterocycles. The van der Waals surface area contributed by atoms with E-state index in [9.17, 15) is 4.79 Å². The molecule has 0 aromatic heterocycles. The van der Waals surface area contributed by atoms with E-state index in [1.165, 1.54) is 16.8 Å². The minimum Gasteiger partial charge on any atom is -0.378 e. The fraction of sp³-hybridized carbons (Fsp3) is 0.611. The molecule has 1 saturated heterocycles. The lowest BCUT2D eigenvalue weighted by molar-refractivity contribution is -0.121. The Morgan fingerprint density at radius 1 is 1.36 bits per heavy atom. The van der Waals surface area contributed by atoms with Crippen LogP contribution in [-0.4, -0.2) is 32.2 Å². The van der Waals surface area contributed by atoms with Gasteiger partial charge in [-0.1, -0.05) is 19.4 Å². The first-order chi connectivity index (χ1) is 10.8. The van der Waals surface area contributed by atoms with Crippen molar-refractivity contribution in [3.8, 4) is 0 Å². The summed E-state index contributed by atoms with van der Waals surface area (Å²) in [5.41, 5.74) is 3.99. The zero-order chi connectivity index (χ0) is 15.4. The van der Waals surface area contributed by atoms with Gasteiger partial charge in [-0.3, -0.25) is 4.79 Å². The number of benzene rings is 1. The fourth-order valence-electron chi connectivity index (χ4n) is 3.38. The SMILES string of the molecule is CCCCC(=O)NC1CCc2cc(N3CCOCC3)ccc21. The van der Waals surface area contributed by atoms with Gasteiger partial charge in [0.05, 0.1) is 19.3 Å². The van der Waals surface area contributed by atoms with Crippen molar-refractivity contribution in [3.05, 3.63) is 29.3 Å². The summed E-state index contributed by atoms with van der Waals surface area (Å²) in [7, 11) is 0.